The van der Waals surface area contributed by atoms with Gasteiger partial charge < -0.3 is 5.73 Å². The van der Waals surface area contributed by atoms with E-state index < -0.39 is 5.41 Å². The van der Waals surface area contributed by atoms with Crippen LogP contribution < -0.4 is 5.73 Å². The lowest BCUT2D eigenvalue weighted by molar-refractivity contribution is 0.0804. The van der Waals surface area contributed by atoms with Gasteiger partial charge in [-0.2, -0.15) is 4.68 Å². The maximum Gasteiger partial charge on any atom is 0.258 e. The van der Waals surface area contributed by atoms with Gasteiger partial charge in [-0.15, -0.1) is 5.10 Å². The predicted molar refractivity (Wildman–Crippen MR) is 69.5 cm³/mol. The first-order valence-electron chi connectivity index (χ1n) is 5.39. The van der Waals surface area contributed by atoms with Crippen LogP contribution in [0.15, 0.2) is 30.6 Å². The number of anilines is 1. The Morgan fingerprint density at radius 2 is 1.94 bits per heavy atom. The predicted octanol–water partition coefficient (Wildman–Crippen LogP) is 2.13. The number of halogens is 1. The average Bonchev–Trinajstić information content (AvgIpc) is 2.75. The first-order chi connectivity index (χ1) is 8.41. The first-order valence-corrected chi connectivity index (χ1v) is 5.77. The van der Waals surface area contributed by atoms with E-state index in [-0.39, 0.29) is 11.9 Å². The van der Waals surface area contributed by atoms with Crippen LogP contribution in [-0.2, 0) is 5.41 Å². The Morgan fingerprint density at radius 1 is 1.33 bits per heavy atom. The molecule has 0 saturated carbocycles. The summed E-state index contributed by atoms with van der Waals surface area (Å²) in [5, 5.41) is 4.46. The molecule has 1 aromatic carbocycles. The van der Waals surface area contributed by atoms with Crippen LogP contribution in [-0.4, -0.2) is 20.7 Å². The molecular formula is C12H13ClN4O. The number of nitrogen functional groups attached to an aromatic ring is 1. The van der Waals surface area contributed by atoms with Crippen LogP contribution in [0, 0.1) is 0 Å². The molecule has 0 unspecified atom stereocenters. The molecule has 0 fully saturated rings. The third kappa shape index (κ3) is 2.22. The molecule has 0 aliphatic rings. The summed E-state index contributed by atoms with van der Waals surface area (Å²) in [6.07, 6.45) is 1.31. The van der Waals surface area contributed by atoms with Crippen LogP contribution in [0.25, 0.3) is 0 Å². The minimum Gasteiger partial charge on any atom is -0.366 e. The minimum absolute atomic E-state index is 0.0789. The third-order valence-corrected chi connectivity index (χ3v) is 3.07. The number of nitrogens with zero attached hydrogens (tertiary/aromatic N) is 3. The lowest BCUT2D eigenvalue weighted by atomic mass is 9.84. The van der Waals surface area contributed by atoms with Crippen molar-refractivity contribution in [1.82, 2.24) is 14.8 Å². The molecule has 0 atom stereocenters. The number of carbonyl (C=O) groups excluding carboxylic acids is 1. The summed E-state index contributed by atoms with van der Waals surface area (Å²) in [5.74, 6) is -0.121. The normalized spacial score (nSPS) is 11.5. The lowest BCUT2D eigenvalue weighted by Crippen LogP contribution is -2.34. The van der Waals surface area contributed by atoms with Gasteiger partial charge >= 0.3 is 0 Å². The standard InChI is InChI=1S/C12H13ClN4O/c1-12(2,8-3-5-9(13)6-4-8)10(18)17-7-15-11(14)16-17/h3-7H,1-2H3,(H2,14,16). The van der Waals surface area contributed by atoms with Crippen molar-refractivity contribution in [2.24, 2.45) is 0 Å². The molecular weight excluding hydrogens is 252 g/mol. The van der Waals surface area contributed by atoms with E-state index in [1.165, 1.54) is 6.33 Å². The number of nitrogens with two attached hydrogens (primary N) is 1. The van der Waals surface area contributed by atoms with Crippen molar-refractivity contribution in [3.8, 4) is 0 Å². The molecule has 2 aromatic rings. The number of carbonyl (C=O) groups is 1. The molecule has 2 N–H and O–H groups in total. The topological polar surface area (TPSA) is 73.8 Å². The summed E-state index contributed by atoms with van der Waals surface area (Å²) in [6, 6.07) is 7.14. The molecule has 0 bridgehead atoms. The number of benzene rings is 1. The molecule has 0 aliphatic carbocycles. The van der Waals surface area contributed by atoms with Crippen molar-refractivity contribution < 1.29 is 4.79 Å². The highest BCUT2D eigenvalue weighted by molar-refractivity contribution is 6.30. The molecule has 94 valence electrons. The number of aromatic nitrogens is 3. The molecule has 0 spiro atoms. The Labute approximate surface area is 110 Å². The molecule has 1 aromatic heterocycles. The maximum absolute atomic E-state index is 12.3. The molecule has 0 aliphatic heterocycles. The van der Waals surface area contributed by atoms with E-state index in [4.69, 9.17) is 17.3 Å². The van der Waals surface area contributed by atoms with Crippen LogP contribution in [0.2, 0.25) is 5.02 Å². The van der Waals surface area contributed by atoms with Crippen molar-refractivity contribution >= 4 is 23.5 Å². The van der Waals surface area contributed by atoms with Gasteiger partial charge in [-0.25, -0.2) is 4.98 Å². The summed E-state index contributed by atoms with van der Waals surface area (Å²) >= 11 is 5.83. The van der Waals surface area contributed by atoms with E-state index in [9.17, 15) is 4.79 Å². The van der Waals surface area contributed by atoms with Crippen LogP contribution in [0.4, 0.5) is 5.95 Å². The summed E-state index contributed by atoms with van der Waals surface area (Å²) < 4.78 is 1.16. The number of hydrogen-bond acceptors (Lipinski definition) is 4. The number of hydrogen-bond donors (Lipinski definition) is 1. The molecule has 1 heterocycles. The quantitative estimate of drug-likeness (QED) is 0.902. The average molecular weight is 265 g/mol. The summed E-state index contributed by atoms with van der Waals surface area (Å²) in [4.78, 5) is 16.1. The fraction of sp³-hybridized carbons (Fsp3) is 0.250. The van der Waals surface area contributed by atoms with Gasteiger partial charge in [-0.05, 0) is 31.5 Å². The summed E-state index contributed by atoms with van der Waals surface area (Å²) in [6.45, 7) is 3.63. The largest absolute Gasteiger partial charge is 0.366 e. The highest BCUT2D eigenvalue weighted by Gasteiger charge is 2.31. The van der Waals surface area contributed by atoms with Gasteiger partial charge in [0.15, 0.2) is 0 Å². The van der Waals surface area contributed by atoms with Gasteiger partial charge in [-0.1, -0.05) is 23.7 Å². The molecule has 2 rings (SSSR count). The molecule has 0 radical (unpaired) electrons. The number of rotatable bonds is 2. The Kier molecular flexibility index (Phi) is 3.09. The van der Waals surface area contributed by atoms with E-state index in [1.807, 2.05) is 26.0 Å². The fourth-order valence-electron chi connectivity index (χ4n) is 1.65. The van der Waals surface area contributed by atoms with E-state index in [2.05, 4.69) is 10.1 Å². The van der Waals surface area contributed by atoms with Crippen LogP contribution >= 0.6 is 11.6 Å². The zero-order valence-corrected chi connectivity index (χ0v) is 10.8. The zero-order chi connectivity index (χ0) is 13.3. The van der Waals surface area contributed by atoms with E-state index in [0.717, 1.165) is 10.2 Å². The van der Waals surface area contributed by atoms with Crippen molar-refractivity contribution in [1.29, 1.82) is 0 Å². The van der Waals surface area contributed by atoms with Crippen molar-refractivity contribution in [2.75, 3.05) is 5.73 Å². The smallest absolute Gasteiger partial charge is 0.258 e. The maximum atomic E-state index is 12.3. The summed E-state index contributed by atoms with van der Waals surface area (Å²) in [5.41, 5.74) is 5.53. The molecule has 0 saturated heterocycles. The van der Waals surface area contributed by atoms with Gasteiger partial charge in [0.25, 0.3) is 5.91 Å². The van der Waals surface area contributed by atoms with Gasteiger partial charge in [0, 0.05) is 5.02 Å². The van der Waals surface area contributed by atoms with Gasteiger partial charge in [0.2, 0.25) is 5.95 Å². The van der Waals surface area contributed by atoms with Crippen LogP contribution in [0.3, 0.4) is 0 Å². The third-order valence-electron chi connectivity index (χ3n) is 2.82. The molecule has 6 heteroatoms. The van der Waals surface area contributed by atoms with Gasteiger partial charge in [0.1, 0.15) is 6.33 Å². The van der Waals surface area contributed by atoms with Crippen molar-refractivity contribution in [3.05, 3.63) is 41.2 Å². The van der Waals surface area contributed by atoms with Crippen molar-refractivity contribution in [2.45, 2.75) is 19.3 Å². The second-order valence-corrected chi connectivity index (χ2v) is 4.92. The van der Waals surface area contributed by atoms with Crippen molar-refractivity contribution in [3.63, 3.8) is 0 Å². The Bertz CT molecular complexity index is 574. The first kappa shape index (κ1) is 12.6. The second kappa shape index (κ2) is 4.42. The Hall–Kier alpha value is -1.88. The monoisotopic (exact) mass is 264 g/mol. The fourth-order valence-corrected chi connectivity index (χ4v) is 1.78. The van der Waals surface area contributed by atoms with Gasteiger partial charge in [-0.3, -0.25) is 4.79 Å². The lowest BCUT2D eigenvalue weighted by Gasteiger charge is -2.22. The van der Waals surface area contributed by atoms with E-state index >= 15 is 0 Å². The van der Waals surface area contributed by atoms with Gasteiger partial charge in [0.05, 0.1) is 5.41 Å². The molecule has 5 nitrogen and oxygen atoms in total. The SMILES string of the molecule is CC(C)(C(=O)n1cnc(N)n1)c1ccc(Cl)cc1. The van der Waals surface area contributed by atoms with E-state index in [0.29, 0.717) is 5.02 Å². The highest BCUT2D eigenvalue weighted by Crippen LogP contribution is 2.26. The second-order valence-electron chi connectivity index (χ2n) is 4.48. The van der Waals surface area contributed by atoms with Crippen LogP contribution in [0.5, 0.6) is 0 Å². The minimum atomic E-state index is -0.731. The van der Waals surface area contributed by atoms with Crippen LogP contribution in [0.1, 0.15) is 24.2 Å². The summed E-state index contributed by atoms with van der Waals surface area (Å²) in [7, 11) is 0. The molecule has 18 heavy (non-hydrogen) atoms. The highest BCUT2D eigenvalue weighted by atomic mass is 35.5. The van der Waals surface area contributed by atoms with E-state index in [1.54, 1.807) is 12.1 Å². The molecule has 0 amide bonds. The Morgan fingerprint density at radius 3 is 2.44 bits per heavy atom. The zero-order valence-electron chi connectivity index (χ0n) is 10.1. The Balaban J connectivity index is 2.36.